The summed E-state index contributed by atoms with van der Waals surface area (Å²) >= 11 is 0. The average Bonchev–Trinajstić information content (AvgIpc) is 3.25. The van der Waals surface area contributed by atoms with Gasteiger partial charge < -0.3 is 9.64 Å². The van der Waals surface area contributed by atoms with Crippen molar-refractivity contribution in [2.24, 2.45) is 0 Å². The van der Waals surface area contributed by atoms with E-state index >= 15 is 0 Å². The van der Waals surface area contributed by atoms with Gasteiger partial charge in [-0.1, -0.05) is 31.2 Å². The molecule has 0 N–H and O–H groups in total. The van der Waals surface area contributed by atoms with Gasteiger partial charge in [0.1, 0.15) is 17.3 Å². The van der Waals surface area contributed by atoms with Crippen LogP contribution in [0.25, 0.3) is 0 Å². The Hall–Kier alpha value is -3.73. The third-order valence-electron chi connectivity index (χ3n) is 6.40. The fraction of sp³-hybridized carbons (Fsp3) is 0.231. The quantitative estimate of drug-likeness (QED) is 0.444. The third-order valence-corrected chi connectivity index (χ3v) is 8.14. The van der Waals surface area contributed by atoms with Crippen molar-refractivity contribution in [2.45, 2.75) is 31.1 Å². The number of halogens is 4. The molecule has 1 spiro atoms. The van der Waals surface area contributed by atoms with Crippen molar-refractivity contribution in [2.75, 3.05) is 15.6 Å². The van der Waals surface area contributed by atoms with Crippen LogP contribution in [0.2, 0.25) is 0 Å². The van der Waals surface area contributed by atoms with Crippen LogP contribution in [-0.2, 0) is 38.2 Å². The van der Waals surface area contributed by atoms with E-state index in [9.17, 15) is 31.4 Å². The maximum Gasteiger partial charge on any atom is 0.573 e. The summed E-state index contributed by atoms with van der Waals surface area (Å²) in [5.41, 5.74) is 1.93. The lowest BCUT2D eigenvalue weighted by Gasteiger charge is -2.33. The maximum atomic E-state index is 14.1. The molecule has 2 aliphatic heterocycles. The third kappa shape index (κ3) is 4.16. The largest absolute Gasteiger partial charge is 0.573 e. The number of ether oxygens (including phenoxy) is 1. The zero-order valence-corrected chi connectivity index (χ0v) is 20.2. The van der Waals surface area contributed by atoms with Crippen molar-refractivity contribution in [3.63, 3.8) is 0 Å². The first kappa shape index (κ1) is 24.9. The minimum atomic E-state index is -5.00. The molecule has 2 aliphatic rings. The SMILES string of the molecule is CCc1ccc(N2C(=O)CS(=O)C23C(=O)N(Cc2ccc(F)cc2)c2ccc(OC(F)(F)F)cc23)cc1. The molecule has 0 saturated carbocycles. The van der Waals surface area contributed by atoms with Gasteiger partial charge in [-0.05, 0) is 60.0 Å². The van der Waals surface area contributed by atoms with Crippen LogP contribution in [0, 0.1) is 5.82 Å². The van der Waals surface area contributed by atoms with Crippen molar-refractivity contribution in [1.29, 1.82) is 0 Å². The molecule has 3 aromatic carbocycles. The number of anilines is 2. The van der Waals surface area contributed by atoms with E-state index in [2.05, 4.69) is 4.74 Å². The summed E-state index contributed by atoms with van der Waals surface area (Å²) in [6, 6.07) is 15.4. The lowest BCUT2D eigenvalue weighted by molar-refractivity contribution is -0.274. The monoisotopic (exact) mass is 532 g/mol. The summed E-state index contributed by atoms with van der Waals surface area (Å²) in [5, 5.41) is 0. The van der Waals surface area contributed by atoms with Gasteiger partial charge in [-0.15, -0.1) is 13.2 Å². The summed E-state index contributed by atoms with van der Waals surface area (Å²) in [5.74, 6) is -2.92. The van der Waals surface area contributed by atoms with Crippen LogP contribution in [0.5, 0.6) is 5.75 Å². The molecular weight excluding hydrogens is 512 g/mol. The van der Waals surface area contributed by atoms with E-state index in [1.807, 2.05) is 6.92 Å². The number of hydrogen-bond donors (Lipinski definition) is 0. The number of nitrogens with zero attached hydrogens (tertiary/aromatic N) is 2. The van der Waals surface area contributed by atoms with E-state index < -0.39 is 51.2 Å². The van der Waals surface area contributed by atoms with Gasteiger partial charge in [-0.25, -0.2) is 4.39 Å². The van der Waals surface area contributed by atoms with Crippen molar-refractivity contribution in [1.82, 2.24) is 0 Å². The molecule has 0 aromatic heterocycles. The Morgan fingerprint density at radius 2 is 1.62 bits per heavy atom. The molecule has 1 fully saturated rings. The second kappa shape index (κ2) is 8.98. The van der Waals surface area contributed by atoms with E-state index in [-0.39, 0.29) is 23.5 Å². The Kier molecular flexibility index (Phi) is 6.06. The van der Waals surface area contributed by atoms with E-state index in [0.29, 0.717) is 5.56 Å². The molecule has 1 saturated heterocycles. The zero-order valence-electron chi connectivity index (χ0n) is 19.4. The van der Waals surface area contributed by atoms with Crippen molar-refractivity contribution >= 4 is 34.0 Å². The summed E-state index contributed by atoms with van der Waals surface area (Å²) in [6.45, 7) is 1.86. The lowest BCUT2D eigenvalue weighted by atomic mass is 10.0. The first-order valence-electron chi connectivity index (χ1n) is 11.3. The fourth-order valence-electron chi connectivity index (χ4n) is 4.76. The van der Waals surface area contributed by atoms with E-state index in [1.165, 1.54) is 35.2 Å². The molecule has 0 bridgehead atoms. The molecule has 5 rings (SSSR count). The van der Waals surface area contributed by atoms with Crippen molar-refractivity contribution in [3.8, 4) is 5.75 Å². The van der Waals surface area contributed by atoms with Crippen LogP contribution in [0.15, 0.2) is 66.7 Å². The minimum Gasteiger partial charge on any atom is -0.406 e. The van der Waals surface area contributed by atoms with Gasteiger partial charge in [0.05, 0.1) is 23.0 Å². The molecule has 37 heavy (non-hydrogen) atoms. The second-order valence-corrected chi connectivity index (χ2v) is 10.2. The first-order chi connectivity index (χ1) is 17.5. The van der Waals surface area contributed by atoms with Gasteiger partial charge in [0.2, 0.25) is 10.8 Å². The van der Waals surface area contributed by atoms with Crippen LogP contribution in [0.1, 0.15) is 23.6 Å². The highest BCUT2D eigenvalue weighted by Gasteiger charge is 2.65. The Bertz CT molecular complexity index is 1410. The van der Waals surface area contributed by atoms with Gasteiger partial charge in [-0.3, -0.25) is 18.7 Å². The summed E-state index contributed by atoms with van der Waals surface area (Å²) in [6.07, 6.45) is -4.28. The molecule has 2 unspecified atom stereocenters. The Balaban J connectivity index is 1.69. The fourth-order valence-corrected chi connectivity index (χ4v) is 6.44. The molecule has 0 aliphatic carbocycles. The highest BCUT2D eigenvalue weighted by atomic mass is 32.2. The standard InChI is InChI=1S/C26H20F4N2O4S/c1-2-16-5-9-19(10-6-16)32-23(33)15-37(35)25(32)21-13-20(36-26(28,29)30)11-12-22(21)31(24(25)34)14-17-3-7-18(27)8-4-17/h3-13H,2,14-15H2,1H3. The van der Waals surface area contributed by atoms with Gasteiger partial charge in [0.25, 0.3) is 5.91 Å². The van der Waals surface area contributed by atoms with Gasteiger partial charge >= 0.3 is 6.36 Å². The predicted octanol–water partition coefficient (Wildman–Crippen LogP) is 4.78. The summed E-state index contributed by atoms with van der Waals surface area (Å²) in [4.78, 5) is 27.6. The van der Waals surface area contributed by atoms with Crippen molar-refractivity contribution < 1.29 is 36.1 Å². The number of benzene rings is 3. The predicted molar refractivity (Wildman–Crippen MR) is 129 cm³/mol. The molecule has 3 aromatic rings. The average molecular weight is 533 g/mol. The number of rotatable bonds is 5. The molecular formula is C26H20F4N2O4S. The zero-order chi connectivity index (χ0) is 26.5. The molecule has 2 atom stereocenters. The molecule has 2 heterocycles. The maximum absolute atomic E-state index is 14.1. The first-order valence-corrected chi connectivity index (χ1v) is 12.6. The number of carbonyl (C=O) groups excluding carboxylic acids is 2. The van der Waals surface area contributed by atoms with Gasteiger partial charge in [-0.2, -0.15) is 0 Å². The normalized spacial score (nSPS) is 21.2. The van der Waals surface area contributed by atoms with E-state index in [1.54, 1.807) is 24.3 Å². The summed E-state index contributed by atoms with van der Waals surface area (Å²) < 4.78 is 70.3. The molecule has 6 nitrogen and oxygen atoms in total. The van der Waals surface area contributed by atoms with Crippen LogP contribution in [-0.4, -0.2) is 28.1 Å². The van der Waals surface area contributed by atoms with Crippen LogP contribution in [0.3, 0.4) is 0 Å². The van der Waals surface area contributed by atoms with Gasteiger partial charge in [0, 0.05) is 11.3 Å². The smallest absolute Gasteiger partial charge is 0.406 e. The lowest BCUT2D eigenvalue weighted by Crippen LogP contribution is -2.52. The highest BCUT2D eigenvalue weighted by molar-refractivity contribution is 7.88. The number of carbonyl (C=O) groups is 2. The molecule has 0 radical (unpaired) electrons. The van der Waals surface area contributed by atoms with E-state index in [0.717, 1.165) is 29.0 Å². The van der Waals surface area contributed by atoms with Gasteiger partial charge in [0.15, 0.2) is 0 Å². The number of amides is 2. The number of fused-ring (bicyclic) bond motifs is 2. The van der Waals surface area contributed by atoms with Crippen LogP contribution < -0.4 is 14.5 Å². The number of hydrogen-bond acceptors (Lipinski definition) is 4. The molecule has 11 heteroatoms. The Labute approximate surface area is 211 Å². The number of alkyl halides is 3. The second-order valence-electron chi connectivity index (χ2n) is 8.63. The minimum absolute atomic E-state index is 0.0369. The Morgan fingerprint density at radius 3 is 2.24 bits per heavy atom. The molecule has 192 valence electrons. The topological polar surface area (TPSA) is 66.9 Å². The number of aryl methyl sites for hydroxylation is 1. The van der Waals surface area contributed by atoms with Crippen molar-refractivity contribution in [3.05, 3.63) is 89.2 Å². The highest BCUT2D eigenvalue weighted by Crippen LogP contribution is 2.52. The summed E-state index contributed by atoms with van der Waals surface area (Å²) in [7, 11) is -2.14. The Morgan fingerprint density at radius 1 is 0.973 bits per heavy atom. The van der Waals surface area contributed by atoms with Crippen LogP contribution in [0.4, 0.5) is 28.9 Å². The van der Waals surface area contributed by atoms with E-state index in [4.69, 9.17) is 0 Å². The molecule has 2 amide bonds. The van der Waals surface area contributed by atoms with Crippen LogP contribution >= 0.6 is 0 Å².